The van der Waals surface area contributed by atoms with Crippen molar-refractivity contribution in [3.63, 3.8) is 0 Å². The van der Waals surface area contributed by atoms with Gasteiger partial charge in [-0.05, 0) is 24.3 Å². The number of para-hydroxylation sites is 1. The van der Waals surface area contributed by atoms with E-state index in [4.69, 9.17) is 13.6 Å². The Morgan fingerprint density at radius 3 is 2.59 bits per heavy atom. The van der Waals surface area contributed by atoms with E-state index in [1.165, 1.54) is 0 Å². The Labute approximate surface area is 100 Å². The number of nitrogen functional groups attached to an aromatic ring is 1. The summed E-state index contributed by atoms with van der Waals surface area (Å²) in [6.45, 7) is 0. The van der Waals surface area contributed by atoms with E-state index in [0.29, 0.717) is 11.4 Å². The molecular weight excluding hydrogens is 209 g/mol. The molecule has 0 amide bonds. The lowest BCUT2D eigenvalue weighted by atomic mass is 9.96. The fourth-order valence-corrected chi connectivity index (χ4v) is 1.96. The Bertz CT molecular complexity index is 674. The first-order valence-corrected chi connectivity index (χ1v) is 5.34. The maximum Gasteiger partial charge on any atom is 0.205 e. The number of hydrogen-bond acceptors (Lipinski definition) is 2. The molecule has 3 aromatic rings. The van der Waals surface area contributed by atoms with Crippen molar-refractivity contribution in [2.45, 2.75) is 0 Å². The van der Waals surface area contributed by atoms with Crippen LogP contribution in [0.4, 0.5) is 5.95 Å². The lowest BCUT2D eigenvalue weighted by molar-refractivity contribution is 1.11. The summed E-state index contributed by atoms with van der Waals surface area (Å²) in [5.41, 5.74) is 9.41. The van der Waals surface area contributed by atoms with Gasteiger partial charge in [-0.15, -0.1) is 0 Å². The molecule has 3 rings (SSSR count). The SMILES string of the molecule is [B]c1ccc2c(c1)nc(N)n2-c1ccccc1. The molecule has 0 bridgehead atoms. The van der Waals surface area contributed by atoms with Crippen LogP contribution in [0.2, 0.25) is 0 Å². The van der Waals surface area contributed by atoms with Crippen LogP contribution >= 0.6 is 0 Å². The van der Waals surface area contributed by atoms with Crippen molar-refractivity contribution >= 4 is 30.3 Å². The quantitative estimate of drug-likeness (QED) is 0.628. The van der Waals surface area contributed by atoms with Gasteiger partial charge >= 0.3 is 0 Å². The van der Waals surface area contributed by atoms with Crippen LogP contribution in [0.1, 0.15) is 0 Å². The van der Waals surface area contributed by atoms with Crippen molar-refractivity contribution in [1.82, 2.24) is 9.55 Å². The Balaban J connectivity index is 2.33. The zero-order valence-electron chi connectivity index (χ0n) is 9.17. The molecule has 2 N–H and O–H groups in total. The van der Waals surface area contributed by atoms with Gasteiger partial charge in [-0.25, -0.2) is 4.98 Å². The number of imidazole rings is 1. The first-order valence-electron chi connectivity index (χ1n) is 5.34. The fraction of sp³-hybridized carbons (Fsp3) is 0. The molecular formula is C13H10BN3. The Morgan fingerprint density at radius 1 is 1.06 bits per heavy atom. The van der Waals surface area contributed by atoms with Crippen LogP contribution in [0.15, 0.2) is 48.5 Å². The molecule has 0 saturated heterocycles. The topological polar surface area (TPSA) is 43.8 Å². The van der Waals surface area contributed by atoms with Gasteiger partial charge in [-0.1, -0.05) is 29.7 Å². The van der Waals surface area contributed by atoms with Crippen LogP contribution in [0.5, 0.6) is 0 Å². The lowest BCUT2D eigenvalue weighted by Crippen LogP contribution is -2.01. The Hall–Kier alpha value is -2.23. The van der Waals surface area contributed by atoms with E-state index in [9.17, 15) is 0 Å². The first kappa shape index (κ1) is 9.96. The lowest BCUT2D eigenvalue weighted by Gasteiger charge is -2.05. The molecule has 0 aliphatic carbocycles. The van der Waals surface area contributed by atoms with Crippen molar-refractivity contribution in [2.24, 2.45) is 0 Å². The van der Waals surface area contributed by atoms with Crippen molar-refractivity contribution in [1.29, 1.82) is 0 Å². The average Bonchev–Trinajstić information content (AvgIpc) is 2.65. The second-order valence-corrected chi connectivity index (χ2v) is 3.89. The Kier molecular flexibility index (Phi) is 2.15. The van der Waals surface area contributed by atoms with Crippen LogP contribution in [0, 0.1) is 0 Å². The van der Waals surface area contributed by atoms with E-state index < -0.39 is 0 Å². The van der Waals surface area contributed by atoms with E-state index in [-0.39, 0.29) is 0 Å². The number of fused-ring (bicyclic) bond motifs is 1. The third kappa shape index (κ3) is 1.58. The summed E-state index contributed by atoms with van der Waals surface area (Å²) in [5.74, 6) is 0.469. The summed E-state index contributed by atoms with van der Waals surface area (Å²) < 4.78 is 1.91. The first-order chi connectivity index (χ1) is 8.25. The number of hydrogen-bond donors (Lipinski definition) is 1. The zero-order valence-corrected chi connectivity index (χ0v) is 9.17. The second-order valence-electron chi connectivity index (χ2n) is 3.89. The van der Waals surface area contributed by atoms with Crippen LogP contribution in [0.3, 0.4) is 0 Å². The smallest absolute Gasteiger partial charge is 0.205 e. The summed E-state index contributed by atoms with van der Waals surface area (Å²) in [6.07, 6.45) is 0. The molecule has 80 valence electrons. The molecule has 0 atom stereocenters. The molecule has 0 unspecified atom stereocenters. The molecule has 17 heavy (non-hydrogen) atoms. The van der Waals surface area contributed by atoms with Crippen molar-refractivity contribution in [3.8, 4) is 5.69 Å². The molecule has 1 aromatic heterocycles. The molecule has 3 nitrogen and oxygen atoms in total. The van der Waals surface area contributed by atoms with Crippen LogP contribution in [0.25, 0.3) is 16.7 Å². The van der Waals surface area contributed by atoms with Crippen molar-refractivity contribution in [3.05, 3.63) is 48.5 Å². The third-order valence-electron chi connectivity index (χ3n) is 2.72. The minimum Gasteiger partial charge on any atom is -0.369 e. The molecule has 0 spiro atoms. The maximum absolute atomic E-state index is 5.95. The van der Waals surface area contributed by atoms with E-state index in [0.717, 1.165) is 16.7 Å². The molecule has 0 aliphatic heterocycles. The van der Waals surface area contributed by atoms with Gasteiger partial charge in [0.1, 0.15) is 7.85 Å². The molecule has 2 aromatic carbocycles. The number of nitrogens with two attached hydrogens (primary N) is 1. The van der Waals surface area contributed by atoms with E-state index in [1.54, 1.807) is 0 Å². The van der Waals surface area contributed by atoms with Gasteiger partial charge in [-0.2, -0.15) is 0 Å². The molecule has 1 heterocycles. The predicted octanol–water partition coefficient (Wildman–Crippen LogP) is 1.40. The summed E-state index contributed by atoms with van der Waals surface area (Å²) in [6, 6.07) is 15.5. The highest BCUT2D eigenvalue weighted by atomic mass is 15.2. The van der Waals surface area contributed by atoms with Crippen LogP contribution in [-0.2, 0) is 0 Å². The van der Waals surface area contributed by atoms with Gasteiger partial charge in [0.05, 0.1) is 11.0 Å². The minimum absolute atomic E-state index is 0.469. The van der Waals surface area contributed by atoms with Crippen LogP contribution in [-0.4, -0.2) is 17.4 Å². The normalized spacial score (nSPS) is 10.8. The number of benzene rings is 2. The standard InChI is InChI=1S/C13H10BN3/c14-9-6-7-12-11(8-9)16-13(15)17(12)10-4-2-1-3-5-10/h1-8H,(H2,15,16). The molecule has 2 radical (unpaired) electrons. The highest BCUT2D eigenvalue weighted by Crippen LogP contribution is 2.21. The number of rotatable bonds is 1. The third-order valence-corrected chi connectivity index (χ3v) is 2.72. The van der Waals surface area contributed by atoms with Crippen LogP contribution < -0.4 is 11.2 Å². The van der Waals surface area contributed by atoms with Gasteiger partial charge in [0, 0.05) is 5.69 Å². The van der Waals surface area contributed by atoms with Gasteiger partial charge in [0.15, 0.2) is 0 Å². The molecule has 0 fully saturated rings. The summed E-state index contributed by atoms with van der Waals surface area (Å²) in [7, 11) is 5.73. The van der Waals surface area contributed by atoms with E-state index in [2.05, 4.69) is 4.98 Å². The van der Waals surface area contributed by atoms with E-state index in [1.807, 2.05) is 53.1 Å². The number of anilines is 1. The summed E-state index contributed by atoms with van der Waals surface area (Å²) in [4.78, 5) is 4.31. The number of nitrogens with zero attached hydrogens (tertiary/aromatic N) is 2. The predicted molar refractivity (Wildman–Crippen MR) is 70.9 cm³/mol. The van der Waals surface area contributed by atoms with E-state index >= 15 is 0 Å². The Morgan fingerprint density at radius 2 is 1.82 bits per heavy atom. The average molecular weight is 219 g/mol. The molecule has 0 aliphatic rings. The van der Waals surface area contributed by atoms with Gasteiger partial charge in [-0.3, -0.25) is 4.57 Å². The van der Waals surface area contributed by atoms with Gasteiger partial charge in [0.2, 0.25) is 5.95 Å². The minimum atomic E-state index is 0.469. The highest BCUT2D eigenvalue weighted by molar-refractivity contribution is 6.33. The summed E-state index contributed by atoms with van der Waals surface area (Å²) in [5, 5.41) is 0. The van der Waals surface area contributed by atoms with Gasteiger partial charge < -0.3 is 5.73 Å². The van der Waals surface area contributed by atoms with Crippen molar-refractivity contribution in [2.75, 3.05) is 5.73 Å². The molecule has 0 saturated carbocycles. The zero-order chi connectivity index (χ0) is 11.8. The maximum atomic E-state index is 5.95. The second kappa shape index (κ2) is 3.66. The van der Waals surface area contributed by atoms with Gasteiger partial charge in [0.25, 0.3) is 0 Å². The highest BCUT2D eigenvalue weighted by Gasteiger charge is 2.08. The fourth-order valence-electron chi connectivity index (χ4n) is 1.96. The number of aromatic nitrogens is 2. The monoisotopic (exact) mass is 219 g/mol. The van der Waals surface area contributed by atoms with Crippen molar-refractivity contribution < 1.29 is 0 Å². The molecule has 4 heteroatoms. The largest absolute Gasteiger partial charge is 0.369 e. The summed E-state index contributed by atoms with van der Waals surface area (Å²) >= 11 is 0.